The molecule has 0 aliphatic heterocycles. The molecular weight excluding hydrogens is 429 g/mol. The normalized spacial score (nSPS) is 11.1. The third kappa shape index (κ3) is 5.14. The average Bonchev–Trinajstić information content (AvgIpc) is 3.07. The van der Waals surface area contributed by atoms with E-state index in [-0.39, 0.29) is 5.82 Å². The summed E-state index contributed by atoms with van der Waals surface area (Å²) in [7, 11) is 0. The highest BCUT2D eigenvalue weighted by Gasteiger charge is 2.10. The number of benzene rings is 3. The van der Waals surface area contributed by atoms with E-state index in [4.69, 9.17) is 26.5 Å². The zero-order valence-electron chi connectivity index (χ0n) is 17.6. The number of hydrogen-bond acceptors (Lipinski definition) is 3. The highest BCUT2D eigenvalue weighted by molar-refractivity contribution is 6.32. The van der Waals surface area contributed by atoms with Gasteiger partial charge in [0.2, 0.25) is 5.62 Å². The summed E-state index contributed by atoms with van der Waals surface area (Å²) in [5.74, 6) is 1.04. The first-order valence-electron chi connectivity index (χ1n) is 10.6. The summed E-state index contributed by atoms with van der Waals surface area (Å²) in [5.41, 5.74) is 2.49. The number of rotatable bonds is 10. The lowest BCUT2D eigenvalue weighted by molar-refractivity contribution is 0.297. The predicted molar refractivity (Wildman–Crippen MR) is 124 cm³/mol. The van der Waals surface area contributed by atoms with Crippen LogP contribution in [-0.4, -0.2) is 22.3 Å². The average molecular weight is 454 g/mol. The van der Waals surface area contributed by atoms with Gasteiger partial charge in [0.15, 0.2) is 0 Å². The van der Waals surface area contributed by atoms with E-state index in [0.717, 1.165) is 23.9 Å². The number of imidazole rings is 1. The van der Waals surface area contributed by atoms with Gasteiger partial charge in [0, 0.05) is 13.1 Å². The maximum atomic E-state index is 13.0. The maximum absolute atomic E-state index is 13.0. The van der Waals surface area contributed by atoms with Crippen molar-refractivity contribution in [2.75, 3.05) is 13.2 Å². The van der Waals surface area contributed by atoms with Crippen LogP contribution >= 0.6 is 11.6 Å². The molecule has 32 heavy (non-hydrogen) atoms. The van der Waals surface area contributed by atoms with E-state index in [0.29, 0.717) is 48.4 Å². The number of hydrogen-bond donors (Lipinski definition) is 1. The van der Waals surface area contributed by atoms with Crippen LogP contribution in [0, 0.1) is 11.2 Å². The monoisotopic (exact) mass is 453 g/mol. The Balaban J connectivity index is 1.38. The van der Waals surface area contributed by atoms with Crippen LogP contribution in [0.5, 0.6) is 11.5 Å². The van der Waals surface area contributed by atoms with Crippen molar-refractivity contribution in [3.63, 3.8) is 0 Å². The molecule has 5 nitrogen and oxygen atoms in total. The smallest absolute Gasteiger partial charge is 0.202 e. The molecule has 4 rings (SSSR count). The molecule has 0 saturated heterocycles. The van der Waals surface area contributed by atoms with Crippen LogP contribution in [0.1, 0.15) is 12.8 Å². The van der Waals surface area contributed by atoms with Gasteiger partial charge < -0.3 is 18.6 Å². The van der Waals surface area contributed by atoms with E-state index < -0.39 is 0 Å². The molecule has 0 bridgehead atoms. The van der Waals surface area contributed by atoms with Gasteiger partial charge in [-0.2, -0.15) is 0 Å². The van der Waals surface area contributed by atoms with E-state index in [1.54, 1.807) is 18.2 Å². The van der Waals surface area contributed by atoms with Gasteiger partial charge in [0.05, 0.1) is 29.3 Å². The van der Waals surface area contributed by atoms with Crippen molar-refractivity contribution >= 4 is 22.6 Å². The molecule has 0 amide bonds. The molecule has 0 atom stereocenters. The van der Waals surface area contributed by atoms with Gasteiger partial charge in [0.1, 0.15) is 17.3 Å². The quantitative estimate of drug-likeness (QED) is 0.315. The molecule has 0 aliphatic rings. The molecule has 1 N–H and O–H groups in total. The van der Waals surface area contributed by atoms with Gasteiger partial charge in [-0.25, -0.2) is 4.39 Å². The SMILES string of the molecule is N=c1n(CCCOc2ccc(F)cc2)c2ccccc2n1CCCOc1ccccc1Cl. The van der Waals surface area contributed by atoms with Gasteiger partial charge in [-0.15, -0.1) is 0 Å². The number of aromatic nitrogens is 2. The lowest BCUT2D eigenvalue weighted by Gasteiger charge is -2.09. The van der Waals surface area contributed by atoms with E-state index in [1.807, 2.05) is 51.6 Å². The third-order valence-corrected chi connectivity index (χ3v) is 5.52. The van der Waals surface area contributed by atoms with Crippen molar-refractivity contribution in [2.45, 2.75) is 25.9 Å². The van der Waals surface area contributed by atoms with Crippen LogP contribution in [0.4, 0.5) is 4.39 Å². The Bertz CT molecular complexity index is 1230. The van der Waals surface area contributed by atoms with E-state index in [9.17, 15) is 4.39 Å². The number of aryl methyl sites for hydroxylation is 2. The van der Waals surface area contributed by atoms with Crippen molar-refractivity contribution in [1.29, 1.82) is 5.41 Å². The molecule has 1 heterocycles. The number of fused-ring (bicyclic) bond motifs is 1. The van der Waals surface area contributed by atoms with Crippen LogP contribution in [0.3, 0.4) is 0 Å². The van der Waals surface area contributed by atoms with Crippen molar-refractivity contribution in [3.8, 4) is 11.5 Å². The van der Waals surface area contributed by atoms with E-state index >= 15 is 0 Å². The van der Waals surface area contributed by atoms with Gasteiger partial charge in [-0.1, -0.05) is 35.9 Å². The lowest BCUT2D eigenvalue weighted by atomic mass is 10.3. The highest BCUT2D eigenvalue weighted by Crippen LogP contribution is 2.23. The molecular formula is C25H25ClFN3O2. The number of para-hydroxylation sites is 3. The lowest BCUT2D eigenvalue weighted by Crippen LogP contribution is -2.26. The first-order chi connectivity index (χ1) is 15.6. The Morgan fingerprint density at radius 2 is 1.31 bits per heavy atom. The summed E-state index contributed by atoms with van der Waals surface area (Å²) in [5, 5.41) is 9.31. The molecule has 0 radical (unpaired) electrons. The Morgan fingerprint density at radius 3 is 1.94 bits per heavy atom. The summed E-state index contributed by atoms with van der Waals surface area (Å²) >= 11 is 6.14. The second-order valence-corrected chi connectivity index (χ2v) is 7.81. The summed E-state index contributed by atoms with van der Waals surface area (Å²) < 4.78 is 28.5. The van der Waals surface area contributed by atoms with Crippen molar-refractivity contribution < 1.29 is 13.9 Å². The second-order valence-electron chi connectivity index (χ2n) is 7.40. The van der Waals surface area contributed by atoms with Gasteiger partial charge in [-0.05, 0) is 61.4 Å². The first kappa shape index (κ1) is 22.0. The van der Waals surface area contributed by atoms with Crippen molar-refractivity contribution in [2.24, 2.45) is 0 Å². The third-order valence-electron chi connectivity index (χ3n) is 5.20. The first-order valence-corrected chi connectivity index (χ1v) is 11.0. The zero-order valence-corrected chi connectivity index (χ0v) is 18.4. The summed E-state index contributed by atoms with van der Waals surface area (Å²) in [6.45, 7) is 2.33. The van der Waals surface area contributed by atoms with E-state index in [1.165, 1.54) is 12.1 Å². The number of nitrogens with one attached hydrogen (secondary N) is 1. The summed E-state index contributed by atoms with van der Waals surface area (Å²) in [4.78, 5) is 0. The van der Waals surface area contributed by atoms with E-state index in [2.05, 4.69) is 0 Å². The molecule has 4 aromatic rings. The number of nitrogens with zero attached hydrogens (tertiary/aromatic N) is 2. The molecule has 0 unspecified atom stereocenters. The van der Waals surface area contributed by atoms with Gasteiger partial charge in [0.25, 0.3) is 0 Å². The summed E-state index contributed by atoms with van der Waals surface area (Å²) in [6, 6.07) is 21.5. The highest BCUT2D eigenvalue weighted by atomic mass is 35.5. The minimum Gasteiger partial charge on any atom is -0.494 e. The largest absolute Gasteiger partial charge is 0.494 e. The molecule has 0 aliphatic carbocycles. The van der Waals surface area contributed by atoms with Crippen LogP contribution in [0.25, 0.3) is 11.0 Å². The summed E-state index contributed by atoms with van der Waals surface area (Å²) in [6.07, 6.45) is 1.49. The fourth-order valence-electron chi connectivity index (χ4n) is 3.66. The van der Waals surface area contributed by atoms with Gasteiger partial charge >= 0.3 is 0 Å². The molecule has 7 heteroatoms. The Labute approximate surface area is 191 Å². The predicted octanol–water partition coefficient (Wildman–Crippen LogP) is 5.65. The van der Waals surface area contributed by atoms with Crippen LogP contribution in [0.15, 0.2) is 72.8 Å². The fraction of sp³-hybridized carbons (Fsp3) is 0.240. The minimum atomic E-state index is -0.281. The molecule has 0 spiro atoms. The Hall–Kier alpha value is -3.25. The Morgan fingerprint density at radius 1 is 0.750 bits per heavy atom. The van der Waals surface area contributed by atoms with Crippen LogP contribution in [-0.2, 0) is 13.1 Å². The van der Waals surface area contributed by atoms with Crippen molar-refractivity contribution in [1.82, 2.24) is 9.13 Å². The van der Waals surface area contributed by atoms with Crippen LogP contribution < -0.4 is 15.1 Å². The molecule has 0 fully saturated rings. The Kier molecular flexibility index (Phi) is 7.12. The number of ether oxygens (including phenoxy) is 2. The molecule has 3 aromatic carbocycles. The standard InChI is InChI=1S/C25H25ClFN3O2/c26-21-7-1-4-10-24(21)32-18-6-16-30-23-9-3-2-8-22(23)29(25(30)28)15-5-17-31-20-13-11-19(27)12-14-20/h1-4,7-14,28H,5-6,15-18H2. The minimum absolute atomic E-state index is 0.281. The van der Waals surface area contributed by atoms with Crippen LogP contribution in [0.2, 0.25) is 5.02 Å². The number of halogens is 2. The molecule has 1 aromatic heterocycles. The molecule has 166 valence electrons. The maximum Gasteiger partial charge on any atom is 0.202 e. The zero-order chi connectivity index (χ0) is 22.3. The second kappa shape index (κ2) is 10.4. The topological polar surface area (TPSA) is 52.2 Å². The van der Waals surface area contributed by atoms with Crippen molar-refractivity contribution in [3.05, 3.63) is 89.3 Å². The molecule has 0 saturated carbocycles. The fourth-order valence-corrected chi connectivity index (χ4v) is 3.85. The van der Waals surface area contributed by atoms with Gasteiger partial charge in [-0.3, -0.25) is 5.41 Å².